The zero-order chi connectivity index (χ0) is 19.3. The lowest BCUT2D eigenvalue weighted by Crippen LogP contribution is -2.26. The van der Waals surface area contributed by atoms with Crippen LogP contribution in [0.4, 0.5) is 4.39 Å². The van der Waals surface area contributed by atoms with Gasteiger partial charge >= 0.3 is 0 Å². The van der Waals surface area contributed by atoms with Gasteiger partial charge in [0.25, 0.3) is 0 Å². The minimum atomic E-state index is -0.311. The first-order valence-corrected chi connectivity index (χ1v) is 8.86. The molecule has 5 nitrogen and oxygen atoms in total. The SMILES string of the molecule is O=C(Cn1cnc2ccccc21)NCc1cccc(Oc2ccc(F)cc2)c1. The summed E-state index contributed by atoms with van der Waals surface area (Å²) in [5, 5.41) is 2.91. The van der Waals surface area contributed by atoms with Crippen LogP contribution in [0.15, 0.2) is 79.1 Å². The van der Waals surface area contributed by atoms with Crippen LogP contribution in [-0.4, -0.2) is 15.5 Å². The van der Waals surface area contributed by atoms with Crippen molar-refractivity contribution in [1.82, 2.24) is 14.9 Å². The molecule has 6 heteroatoms. The first kappa shape index (κ1) is 17.7. The molecule has 1 N–H and O–H groups in total. The largest absolute Gasteiger partial charge is 0.457 e. The Kier molecular flexibility index (Phi) is 5.01. The minimum absolute atomic E-state index is 0.104. The number of aromatic nitrogens is 2. The third-order valence-corrected chi connectivity index (χ3v) is 4.28. The van der Waals surface area contributed by atoms with Gasteiger partial charge in [-0.15, -0.1) is 0 Å². The van der Waals surface area contributed by atoms with Crippen molar-refractivity contribution in [1.29, 1.82) is 0 Å². The smallest absolute Gasteiger partial charge is 0.240 e. The molecule has 1 heterocycles. The van der Waals surface area contributed by atoms with E-state index in [-0.39, 0.29) is 18.3 Å². The van der Waals surface area contributed by atoms with Gasteiger partial charge in [0.15, 0.2) is 0 Å². The van der Waals surface area contributed by atoms with E-state index >= 15 is 0 Å². The third-order valence-electron chi connectivity index (χ3n) is 4.28. The van der Waals surface area contributed by atoms with Crippen molar-refractivity contribution in [2.75, 3.05) is 0 Å². The maximum Gasteiger partial charge on any atom is 0.240 e. The van der Waals surface area contributed by atoms with Crippen LogP contribution in [0.1, 0.15) is 5.56 Å². The summed E-state index contributed by atoms with van der Waals surface area (Å²) < 4.78 is 20.5. The molecule has 0 unspecified atom stereocenters. The second-order valence-corrected chi connectivity index (χ2v) is 6.34. The number of para-hydroxylation sites is 2. The van der Waals surface area contributed by atoms with E-state index < -0.39 is 0 Å². The van der Waals surface area contributed by atoms with E-state index in [1.54, 1.807) is 18.5 Å². The normalized spacial score (nSPS) is 10.8. The van der Waals surface area contributed by atoms with Crippen molar-refractivity contribution in [2.45, 2.75) is 13.1 Å². The number of hydrogen-bond acceptors (Lipinski definition) is 3. The molecule has 0 aliphatic heterocycles. The van der Waals surface area contributed by atoms with Crippen LogP contribution in [0, 0.1) is 5.82 Å². The van der Waals surface area contributed by atoms with E-state index in [0.29, 0.717) is 18.0 Å². The monoisotopic (exact) mass is 375 g/mol. The van der Waals surface area contributed by atoms with Gasteiger partial charge in [-0.1, -0.05) is 24.3 Å². The van der Waals surface area contributed by atoms with Crippen molar-refractivity contribution in [3.63, 3.8) is 0 Å². The summed E-state index contributed by atoms with van der Waals surface area (Å²) in [4.78, 5) is 16.6. The van der Waals surface area contributed by atoms with Crippen molar-refractivity contribution < 1.29 is 13.9 Å². The quantitative estimate of drug-likeness (QED) is 0.547. The van der Waals surface area contributed by atoms with E-state index in [0.717, 1.165) is 16.6 Å². The van der Waals surface area contributed by atoms with E-state index in [1.165, 1.54) is 12.1 Å². The summed E-state index contributed by atoms with van der Waals surface area (Å²) in [5.74, 6) is 0.760. The summed E-state index contributed by atoms with van der Waals surface area (Å²) >= 11 is 0. The zero-order valence-corrected chi connectivity index (χ0v) is 15.0. The maximum absolute atomic E-state index is 13.0. The first-order valence-electron chi connectivity index (χ1n) is 8.86. The fraction of sp³-hybridized carbons (Fsp3) is 0.0909. The van der Waals surface area contributed by atoms with E-state index in [1.807, 2.05) is 53.1 Å². The number of carbonyl (C=O) groups excluding carboxylic acids is 1. The summed E-state index contributed by atoms with van der Waals surface area (Å²) in [6.45, 7) is 0.582. The molecule has 0 fully saturated rings. The molecule has 1 aromatic heterocycles. The summed E-state index contributed by atoms with van der Waals surface area (Å²) in [5.41, 5.74) is 2.69. The van der Waals surface area contributed by atoms with Gasteiger partial charge in [-0.05, 0) is 54.1 Å². The topological polar surface area (TPSA) is 56.2 Å². The first-order chi connectivity index (χ1) is 13.7. The second-order valence-electron chi connectivity index (χ2n) is 6.34. The molecular weight excluding hydrogens is 357 g/mol. The fourth-order valence-corrected chi connectivity index (χ4v) is 2.91. The molecule has 0 bridgehead atoms. The highest BCUT2D eigenvalue weighted by Gasteiger charge is 2.07. The number of rotatable bonds is 6. The van der Waals surface area contributed by atoms with Crippen LogP contribution in [0.25, 0.3) is 11.0 Å². The molecule has 4 aromatic rings. The van der Waals surface area contributed by atoms with Crippen molar-refractivity contribution >= 4 is 16.9 Å². The Morgan fingerprint density at radius 2 is 1.82 bits per heavy atom. The Morgan fingerprint density at radius 1 is 1.00 bits per heavy atom. The number of amides is 1. The van der Waals surface area contributed by atoms with Crippen LogP contribution < -0.4 is 10.1 Å². The molecule has 0 radical (unpaired) electrons. The number of imidazole rings is 1. The van der Waals surface area contributed by atoms with Crippen LogP contribution >= 0.6 is 0 Å². The van der Waals surface area contributed by atoms with Gasteiger partial charge in [0.05, 0.1) is 17.4 Å². The molecule has 0 spiro atoms. The van der Waals surface area contributed by atoms with Crippen molar-refractivity contribution in [3.05, 3.63) is 90.5 Å². The van der Waals surface area contributed by atoms with Crippen LogP contribution in [-0.2, 0) is 17.9 Å². The number of nitrogens with zero attached hydrogens (tertiary/aromatic N) is 2. The number of nitrogens with one attached hydrogen (secondary N) is 1. The number of carbonyl (C=O) groups is 1. The average Bonchev–Trinajstić information content (AvgIpc) is 3.11. The van der Waals surface area contributed by atoms with E-state index in [4.69, 9.17) is 4.74 Å². The molecule has 4 rings (SSSR count). The number of benzene rings is 3. The van der Waals surface area contributed by atoms with Crippen LogP contribution in [0.2, 0.25) is 0 Å². The number of ether oxygens (including phenoxy) is 1. The highest BCUT2D eigenvalue weighted by molar-refractivity contribution is 5.80. The maximum atomic E-state index is 13.0. The fourth-order valence-electron chi connectivity index (χ4n) is 2.91. The Bertz CT molecular complexity index is 1110. The molecule has 1 amide bonds. The predicted molar refractivity (Wildman–Crippen MR) is 104 cm³/mol. The lowest BCUT2D eigenvalue weighted by molar-refractivity contribution is -0.121. The Labute approximate surface area is 161 Å². The molecule has 0 aliphatic carbocycles. The Balaban J connectivity index is 1.36. The summed E-state index contributed by atoms with van der Waals surface area (Å²) in [6.07, 6.45) is 1.67. The summed E-state index contributed by atoms with van der Waals surface area (Å²) in [6, 6.07) is 20.9. The van der Waals surface area contributed by atoms with E-state index in [2.05, 4.69) is 10.3 Å². The number of halogens is 1. The molecule has 0 saturated heterocycles. The van der Waals surface area contributed by atoms with Crippen LogP contribution in [0.5, 0.6) is 11.5 Å². The molecular formula is C22H18FN3O2. The predicted octanol–water partition coefficient (Wildman–Crippen LogP) is 4.28. The molecule has 0 saturated carbocycles. The van der Waals surface area contributed by atoms with Gasteiger partial charge < -0.3 is 14.6 Å². The average molecular weight is 375 g/mol. The lowest BCUT2D eigenvalue weighted by Gasteiger charge is -2.09. The molecule has 140 valence electrons. The van der Waals surface area contributed by atoms with Gasteiger partial charge in [0.1, 0.15) is 23.9 Å². The van der Waals surface area contributed by atoms with Crippen LogP contribution in [0.3, 0.4) is 0 Å². The van der Waals surface area contributed by atoms with Crippen molar-refractivity contribution in [2.24, 2.45) is 0 Å². The highest BCUT2D eigenvalue weighted by atomic mass is 19.1. The van der Waals surface area contributed by atoms with Gasteiger partial charge in [-0.2, -0.15) is 0 Å². The number of fused-ring (bicyclic) bond motifs is 1. The zero-order valence-electron chi connectivity index (χ0n) is 15.0. The second kappa shape index (κ2) is 7.92. The molecule has 0 atom stereocenters. The molecule has 28 heavy (non-hydrogen) atoms. The van der Waals surface area contributed by atoms with E-state index in [9.17, 15) is 9.18 Å². The lowest BCUT2D eigenvalue weighted by atomic mass is 10.2. The minimum Gasteiger partial charge on any atom is -0.457 e. The Morgan fingerprint density at radius 3 is 2.68 bits per heavy atom. The van der Waals surface area contributed by atoms with Gasteiger partial charge in [-0.25, -0.2) is 9.37 Å². The third kappa shape index (κ3) is 4.17. The Hall–Kier alpha value is -3.67. The van der Waals surface area contributed by atoms with Gasteiger partial charge in [0, 0.05) is 6.54 Å². The number of hydrogen-bond donors (Lipinski definition) is 1. The van der Waals surface area contributed by atoms with Gasteiger partial charge in [0.2, 0.25) is 5.91 Å². The van der Waals surface area contributed by atoms with Crippen molar-refractivity contribution in [3.8, 4) is 11.5 Å². The molecule has 0 aliphatic rings. The van der Waals surface area contributed by atoms with Gasteiger partial charge in [-0.3, -0.25) is 4.79 Å². The molecule has 3 aromatic carbocycles. The highest BCUT2D eigenvalue weighted by Crippen LogP contribution is 2.22. The standard InChI is InChI=1S/C22H18FN3O2/c23-17-8-10-18(11-9-17)28-19-5-3-4-16(12-19)13-24-22(27)14-26-15-25-20-6-1-2-7-21(20)26/h1-12,15H,13-14H2,(H,24,27). The summed E-state index contributed by atoms with van der Waals surface area (Å²) in [7, 11) is 0.